The maximum Gasteiger partial charge on any atom is 0.0959 e. The van der Waals surface area contributed by atoms with Gasteiger partial charge in [-0.1, -0.05) is 12.1 Å². The lowest BCUT2D eigenvalue weighted by atomic mass is 10.1. The van der Waals surface area contributed by atoms with Crippen molar-refractivity contribution in [3.63, 3.8) is 0 Å². The minimum Gasteiger partial charge on any atom is -0.377 e. The molecule has 1 aromatic heterocycles. The van der Waals surface area contributed by atoms with Gasteiger partial charge in [-0.25, -0.2) is 4.98 Å². The molecule has 0 radical (unpaired) electrons. The largest absolute Gasteiger partial charge is 0.377 e. The fourth-order valence-electron chi connectivity index (χ4n) is 2.27. The van der Waals surface area contributed by atoms with E-state index in [2.05, 4.69) is 67.6 Å². The molecule has 0 amide bonds. The van der Waals surface area contributed by atoms with E-state index in [1.165, 1.54) is 11.1 Å². The van der Waals surface area contributed by atoms with E-state index >= 15 is 0 Å². The van der Waals surface area contributed by atoms with Crippen LogP contribution in [0, 0.1) is 0 Å². The van der Waals surface area contributed by atoms with Gasteiger partial charge in [0.25, 0.3) is 0 Å². The van der Waals surface area contributed by atoms with E-state index in [4.69, 9.17) is 4.98 Å². The van der Waals surface area contributed by atoms with E-state index in [9.17, 15) is 0 Å². The molecule has 0 saturated heterocycles. The lowest BCUT2D eigenvalue weighted by Gasteiger charge is -2.20. The summed E-state index contributed by atoms with van der Waals surface area (Å²) in [4.78, 5) is 9.05. The summed E-state index contributed by atoms with van der Waals surface area (Å²) in [6.45, 7) is 0.776. The van der Waals surface area contributed by atoms with Crippen LogP contribution in [0.1, 0.15) is 5.69 Å². The number of aromatic nitrogens is 1. The Bertz CT molecular complexity index is 576. The van der Waals surface area contributed by atoms with Gasteiger partial charge in [0, 0.05) is 45.8 Å². The van der Waals surface area contributed by atoms with Crippen molar-refractivity contribution in [1.29, 1.82) is 0 Å². The Balaban J connectivity index is 2.75. The van der Waals surface area contributed by atoms with Crippen molar-refractivity contribution in [3.05, 3.63) is 30.0 Å². The zero-order valence-electron chi connectivity index (χ0n) is 12.4. The summed E-state index contributed by atoms with van der Waals surface area (Å²) in [5.41, 5.74) is 4.48. The summed E-state index contributed by atoms with van der Waals surface area (Å²) in [5, 5.41) is 4.36. The third kappa shape index (κ3) is 2.63. The average molecular weight is 258 g/mol. The molecule has 0 spiro atoms. The van der Waals surface area contributed by atoms with Crippen molar-refractivity contribution < 1.29 is 0 Å². The first kappa shape index (κ1) is 13.6. The van der Waals surface area contributed by atoms with Gasteiger partial charge in [-0.3, -0.25) is 0 Å². The summed E-state index contributed by atoms with van der Waals surface area (Å²) in [6, 6.07) is 8.48. The molecule has 1 heterocycles. The van der Waals surface area contributed by atoms with E-state index < -0.39 is 0 Å². The number of rotatable bonds is 4. The van der Waals surface area contributed by atoms with Crippen LogP contribution in [0.4, 0.5) is 11.4 Å². The van der Waals surface area contributed by atoms with Crippen molar-refractivity contribution in [2.24, 2.45) is 0 Å². The van der Waals surface area contributed by atoms with Crippen molar-refractivity contribution in [1.82, 2.24) is 10.3 Å². The van der Waals surface area contributed by atoms with Gasteiger partial charge in [-0.05, 0) is 19.2 Å². The predicted octanol–water partition coefficient (Wildman–Crippen LogP) is 2.09. The van der Waals surface area contributed by atoms with Crippen molar-refractivity contribution in [2.45, 2.75) is 6.54 Å². The predicted molar refractivity (Wildman–Crippen MR) is 83.2 cm³/mol. The molecule has 4 heteroatoms. The van der Waals surface area contributed by atoms with Crippen molar-refractivity contribution >= 4 is 22.3 Å². The first-order valence-electron chi connectivity index (χ1n) is 6.46. The molecular weight excluding hydrogens is 236 g/mol. The Hall–Kier alpha value is -1.81. The van der Waals surface area contributed by atoms with Gasteiger partial charge < -0.3 is 15.1 Å². The van der Waals surface area contributed by atoms with Crippen LogP contribution in [0.15, 0.2) is 24.3 Å². The highest BCUT2D eigenvalue weighted by molar-refractivity contribution is 5.99. The van der Waals surface area contributed by atoms with Crippen LogP contribution >= 0.6 is 0 Å². The molecule has 19 heavy (non-hydrogen) atoms. The zero-order valence-corrected chi connectivity index (χ0v) is 12.4. The minimum atomic E-state index is 0.776. The van der Waals surface area contributed by atoms with Gasteiger partial charge in [-0.15, -0.1) is 0 Å². The van der Waals surface area contributed by atoms with Crippen molar-refractivity contribution in [3.8, 4) is 0 Å². The fourth-order valence-corrected chi connectivity index (χ4v) is 2.27. The lowest BCUT2D eigenvalue weighted by Crippen LogP contribution is -2.15. The standard InChI is InChI=1S/C15H22N4/c1-16-10-11-9-14(19(4)5)12-7-6-8-13(18(2)3)15(12)17-11/h6-9,16H,10H2,1-5H3. The molecule has 1 N–H and O–H groups in total. The van der Waals surface area contributed by atoms with Crippen LogP contribution < -0.4 is 15.1 Å². The minimum absolute atomic E-state index is 0.776. The van der Waals surface area contributed by atoms with Gasteiger partial charge in [-0.2, -0.15) is 0 Å². The van der Waals surface area contributed by atoms with Gasteiger partial charge in [0.1, 0.15) is 0 Å². The smallest absolute Gasteiger partial charge is 0.0959 e. The normalized spacial score (nSPS) is 10.8. The van der Waals surface area contributed by atoms with Crippen LogP contribution in [0.2, 0.25) is 0 Å². The van der Waals surface area contributed by atoms with E-state index in [0.29, 0.717) is 0 Å². The second-order valence-electron chi connectivity index (χ2n) is 5.13. The fraction of sp³-hybridized carbons (Fsp3) is 0.400. The Morgan fingerprint density at radius 1 is 1.05 bits per heavy atom. The first-order valence-corrected chi connectivity index (χ1v) is 6.46. The summed E-state index contributed by atoms with van der Waals surface area (Å²) in [7, 11) is 10.2. The molecule has 0 aliphatic carbocycles. The van der Waals surface area contributed by atoms with E-state index in [1.807, 2.05) is 7.05 Å². The molecule has 1 aromatic carbocycles. The van der Waals surface area contributed by atoms with Gasteiger partial charge in [0.15, 0.2) is 0 Å². The maximum atomic E-state index is 4.80. The summed E-state index contributed by atoms with van der Waals surface area (Å²) in [5.74, 6) is 0. The topological polar surface area (TPSA) is 31.4 Å². The molecule has 2 rings (SSSR count). The molecular formula is C15H22N4. The number of fused-ring (bicyclic) bond motifs is 1. The number of hydrogen-bond donors (Lipinski definition) is 1. The van der Waals surface area contributed by atoms with E-state index in [0.717, 1.165) is 23.4 Å². The number of benzene rings is 1. The first-order chi connectivity index (χ1) is 9.04. The number of hydrogen-bond acceptors (Lipinski definition) is 4. The highest BCUT2D eigenvalue weighted by Gasteiger charge is 2.11. The SMILES string of the molecule is CNCc1cc(N(C)C)c2cccc(N(C)C)c2n1. The number of nitrogens with one attached hydrogen (secondary N) is 1. The number of pyridine rings is 1. The highest BCUT2D eigenvalue weighted by atomic mass is 15.1. The zero-order chi connectivity index (χ0) is 14.0. The molecule has 0 unspecified atom stereocenters. The van der Waals surface area contributed by atoms with Gasteiger partial charge in [0.05, 0.1) is 16.9 Å². The van der Waals surface area contributed by atoms with Crippen LogP contribution in [0.3, 0.4) is 0 Å². The summed E-state index contributed by atoms with van der Waals surface area (Å²) < 4.78 is 0. The van der Waals surface area contributed by atoms with Crippen LogP contribution in [-0.2, 0) is 6.54 Å². The Labute approximate surface area is 115 Å². The Kier molecular flexibility index (Phi) is 3.90. The Morgan fingerprint density at radius 3 is 2.32 bits per heavy atom. The second kappa shape index (κ2) is 5.45. The molecule has 2 aromatic rings. The molecule has 0 fully saturated rings. The van der Waals surface area contributed by atoms with E-state index in [-0.39, 0.29) is 0 Å². The highest BCUT2D eigenvalue weighted by Crippen LogP contribution is 2.31. The lowest BCUT2D eigenvalue weighted by molar-refractivity contribution is 0.795. The molecule has 0 atom stereocenters. The second-order valence-corrected chi connectivity index (χ2v) is 5.13. The number of para-hydroxylation sites is 1. The van der Waals surface area contributed by atoms with Crippen LogP contribution in [-0.4, -0.2) is 40.2 Å². The third-order valence-corrected chi connectivity index (χ3v) is 3.17. The van der Waals surface area contributed by atoms with Gasteiger partial charge >= 0.3 is 0 Å². The van der Waals surface area contributed by atoms with Gasteiger partial charge in [0.2, 0.25) is 0 Å². The third-order valence-electron chi connectivity index (χ3n) is 3.17. The maximum absolute atomic E-state index is 4.80. The molecule has 0 saturated carbocycles. The summed E-state index contributed by atoms with van der Waals surface area (Å²) in [6.07, 6.45) is 0. The van der Waals surface area contributed by atoms with E-state index in [1.54, 1.807) is 0 Å². The summed E-state index contributed by atoms with van der Waals surface area (Å²) >= 11 is 0. The monoisotopic (exact) mass is 258 g/mol. The molecule has 0 aliphatic heterocycles. The number of nitrogens with zero attached hydrogens (tertiary/aromatic N) is 3. The molecule has 102 valence electrons. The average Bonchev–Trinajstić information content (AvgIpc) is 2.37. The van der Waals surface area contributed by atoms with Crippen LogP contribution in [0.5, 0.6) is 0 Å². The molecule has 0 aliphatic rings. The number of anilines is 2. The quantitative estimate of drug-likeness (QED) is 0.910. The molecule has 0 bridgehead atoms. The van der Waals surface area contributed by atoms with Crippen LogP contribution in [0.25, 0.3) is 10.9 Å². The van der Waals surface area contributed by atoms with Crippen molar-refractivity contribution in [2.75, 3.05) is 45.0 Å². The molecule has 4 nitrogen and oxygen atoms in total. The Morgan fingerprint density at radius 2 is 1.74 bits per heavy atom.